The lowest BCUT2D eigenvalue weighted by Gasteiger charge is -2.13. The molecule has 0 bridgehead atoms. The van der Waals surface area contributed by atoms with Crippen LogP contribution in [-0.4, -0.2) is 43.4 Å². The number of cyclic esters (lactones) is 1. The fourth-order valence-electron chi connectivity index (χ4n) is 0.960. The molecule has 1 aliphatic rings. The van der Waals surface area contributed by atoms with Crippen molar-refractivity contribution >= 4 is 12.3 Å². The number of hydrogen-bond acceptors (Lipinski definition) is 3. The summed E-state index contributed by atoms with van der Waals surface area (Å²) in [5, 5.41) is 0. The van der Waals surface area contributed by atoms with Crippen LogP contribution < -0.4 is 0 Å². The maximum absolute atomic E-state index is 11.2. The van der Waals surface area contributed by atoms with Crippen molar-refractivity contribution in [3.05, 3.63) is 0 Å². The highest BCUT2D eigenvalue weighted by Crippen LogP contribution is 2.23. The molecule has 0 aromatic rings. The number of ether oxygens (including phenoxy) is 1. The minimum Gasteiger partial charge on any atom is -0.464 e. The van der Waals surface area contributed by atoms with Gasteiger partial charge in [0, 0.05) is 20.5 Å². The Hall–Kier alpha value is -1.06. The number of hydrogen-bond donors (Lipinski definition) is 0. The summed E-state index contributed by atoms with van der Waals surface area (Å²) in [6.45, 7) is 2.28. The Balaban J connectivity index is 2.65. The van der Waals surface area contributed by atoms with Gasteiger partial charge in [0.2, 0.25) is 0 Å². The second kappa shape index (κ2) is 3.13. The Morgan fingerprint density at radius 2 is 2.33 bits per heavy atom. The molecule has 1 atom stereocenters. The van der Waals surface area contributed by atoms with Crippen molar-refractivity contribution in [3.8, 4) is 0 Å². The van der Waals surface area contributed by atoms with Crippen molar-refractivity contribution in [1.82, 2.24) is 4.90 Å². The largest absolute Gasteiger partial charge is 0.464 e. The first kappa shape index (κ1) is 9.03. The van der Waals surface area contributed by atoms with Crippen molar-refractivity contribution in [1.29, 1.82) is 0 Å². The van der Waals surface area contributed by atoms with Gasteiger partial charge in [-0.2, -0.15) is 0 Å². The van der Waals surface area contributed by atoms with E-state index in [4.69, 9.17) is 4.74 Å². The third-order valence-corrected chi connectivity index (χ3v) is 1.84. The first-order valence-electron chi connectivity index (χ1n) is 3.93. The molecule has 1 saturated heterocycles. The van der Waals surface area contributed by atoms with E-state index in [0.717, 1.165) is 0 Å². The van der Waals surface area contributed by atoms with Crippen LogP contribution in [0, 0.1) is 0 Å². The third-order valence-electron chi connectivity index (χ3n) is 1.84. The third kappa shape index (κ3) is 1.75. The van der Waals surface area contributed by atoms with Crippen LogP contribution in [0.1, 0.15) is 13.3 Å². The summed E-state index contributed by atoms with van der Waals surface area (Å²) in [5.41, 5.74) is -0.649. The molecule has 0 spiro atoms. The molecular formula is C8H14N2O2. The minimum absolute atomic E-state index is 0.222. The van der Waals surface area contributed by atoms with Crippen molar-refractivity contribution in [3.63, 3.8) is 0 Å². The van der Waals surface area contributed by atoms with Gasteiger partial charge >= 0.3 is 5.97 Å². The lowest BCUT2D eigenvalue weighted by Crippen LogP contribution is -2.29. The van der Waals surface area contributed by atoms with Gasteiger partial charge in [0.05, 0.1) is 12.9 Å². The standard InChI is InChI=1S/C8H14N2O2/c1-8(9-6-10(2)3)4-5-12-7(8)11/h6H,4-5H2,1-3H3. The van der Waals surface area contributed by atoms with Crippen LogP contribution in [0.25, 0.3) is 0 Å². The molecule has 1 unspecified atom stereocenters. The van der Waals surface area contributed by atoms with Crippen LogP contribution in [0.4, 0.5) is 0 Å². The van der Waals surface area contributed by atoms with Gasteiger partial charge < -0.3 is 9.64 Å². The van der Waals surface area contributed by atoms with Crippen LogP contribution in [0.15, 0.2) is 4.99 Å². The van der Waals surface area contributed by atoms with Crippen LogP contribution in [-0.2, 0) is 9.53 Å². The van der Waals surface area contributed by atoms with Crippen LogP contribution in [0.5, 0.6) is 0 Å². The van der Waals surface area contributed by atoms with E-state index in [0.29, 0.717) is 13.0 Å². The maximum atomic E-state index is 11.2. The van der Waals surface area contributed by atoms with Gasteiger partial charge in [-0.05, 0) is 6.92 Å². The smallest absolute Gasteiger partial charge is 0.333 e. The summed E-state index contributed by atoms with van der Waals surface area (Å²) in [6, 6.07) is 0. The Morgan fingerprint density at radius 3 is 2.75 bits per heavy atom. The van der Waals surface area contributed by atoms with Gasteiger partial charge in [-0.3, -0.25) is 4.99 Å². The van der Waals surface area contributed by atoms with Gasteiger partial charge in [0.1, 0.15) is 0 Å². The molecule has 0 N–H and O–H groups in total. The Labute approximate surface area is 72.2 Å². The zero-order valence-corrected chi connectivity index (χ0v) is 7.70. The van der Waals surface area contributed by atoms with Crippen LogP contribution >= 0.6 is 0 Å². The van der Waals surface area contributed by atoms with Gasteiger partial charge in [-0.15, -0.1) is 0 Å². The predicted octanol–water partition coefficient (Wildman–Crippen LogP) is 0.282. The zero-order chi connectivity index (χ0) is 9.19. The monoisotopic (exact) mass is 170 g/mol. The minimum atomic E-state index is -0.649. The molecule has 0 radical (unpaired) electrons. The SMILES string of the molecule is CN(C)C=NC1(C)CCOC1=O. The summed E-state index contributed by atoms with van der Waals surface area (Å²) in [5.74, 6) is -0.222. The molecule has 0 aromatic heterocycles. The molecule has 4 heteroatoms. The molecule has 1 heterocycles. The second-order valence-electron chi connectivity index (χ2n) is 3.37. The first-order chi connectivity index (χ1) is 5.54. The zero-order valence-electron chi connectivity index (χ0n) is 7.70. The Kier molecular flexibility index (Phi) is 2.35. The number of esters is 1. The summed E-state index contributed by atoms with van der Waals surface area (Å²) < 4.78 is 4.83. The van der Waals surface area contributed by atoms with E-state index >= 15 is 0 Å². The van der Waals surface area contributed by atoms with Gasteiger partial charge in [0.25, 0.3) is 0 Å². The van der Waals surface area contributed by atoms with E-state index in [2.05, 4.69) is 4.99 Å². The van der Waals surface area contributed by atoms with Crippen molar-refractivity contribution in [2.45, 2.75) is 18.9 Å². The predicted molar refractivity (Wildman–Crippen MR) is 46.2 cm³/mol. The average molecular weight is 170 g/mol. The van der Waals surface area contributed by atoms with Crippen molar-refractivity contribution < 1.29 is 9.53 Å². The van der Waals surface area contributed by atoms with E-state index in [9.17, 15) is 4.79 Å². The molecule has 68 valence electrons. The highest BCUT2D eigenvalue weighted by atomic mass is 16.5. The molecule has 12 heavy (non-hydrogen) atoms. The maximum Gasteiger partial charge on any atom is 0.333 e. The number of rotatable bonds is 2. The molecular weight excluding hydrogens is 156 g/mol. The van der Waals surface area contributed by atoms with Crippen molar-refractivity contribution in [2.75, 3.05) is 20.7 Å². The summed E-state index contributed by atoms with van der Waals surface area (Å²) in [7, 11) is 3.74. The summed E-state index contributed by atoms with van der Waals surface area (Å²) in [6.07, 6.45) is 2.32. The van der Waals surface area contributed by atoms with Gasteiger partial charge in [-0.25, -0.2) is 4.79 Å². The lowest BCUT2D eigenvalue weighted by molar-refractivity contribution is -0.141. The van der Waals surface area contributed by atoms with Crippen LogP contribution in [0.3, 0.4) is 0 Å². The van der Waals surface area contributed by atoms with E-state index in [1.54, 1.807) is 18.2 Å². The summed E-state index contributed by atoms with van der Waals surface area (Å²) in [4.78, 5) is 17.1. The Morgan fingerprint density at radius 1 is 1.67 bits per heavy atom. The fraction of sp³-hybridized carbons (Fsp3) is 0.750. The highest BCUT2D eigenvalue weighted by molar-refractivity contribution is 5.83. The molecule has 1 rings (SSSR count). The molecule has 4 nitrogen and oxygen atoms in total. The van der Waals surface area contributed by atoms with E-state index in [-0.39, 0.29) is 5.97 Å². The summed E-state index contributed by atoms with van der Waals surface area (Å²) >= 11 is 0. The molecule has 0 amide bonds. The first-order valence-corrected chi connectivity index (χ1v) is 3.93. The molecule has 0 aromatic carbocycles. The lowest BCUT2D eigenvalue weighted by atomic mass is 10.0. The highest BCUT2D eigenvalue weighted by Gasteiger charge is 2.39. The Bertz CT molecular complexity index is 213. The number of nitrogens with zero attached hydrogens (tertiary/aromatic N) is 2. The number of carbonyl (C=O) groups is 1. The second-order valence-corrected chi connectivity index (χ2v) is 3.37. The van der Waals surface area contributed by atoms with E-state index in [1.165, 1.54) is 0 Å². The topological polar surface area (TPSA) is 41.9 Å². The molecule has 0 saturated carbocycles. The molecule has 0 aliphatic carbocycles. The normalized spacial score (nSPS) is 29.4. The van der Waals surface area contributed by atoms with Gasteiger partial charge in [-0.1, -0.05) is 0 Å². The quantitative estimate of drug-likeness (QED) is 0.339. The fourth-order valence-corrected chi connectivity index (χ4v) is 0.960. The average Bonchev–Trinajstić information content (AvgIpc) is 2.30. The van der Waals surface area contributed by atoms with Crippen LogP contribution in [0.2, 0.25) is 0 Å². The number of carbonyl (C=O) groups excluding carboxylic acids is 1. The van der Waals surface area contributed by atoms with Gasteiger partial charge in [0.15, 0.2) is 5.54 Å². The molecule has 1 fully saturated rings. The molecule has 1 aliphatic heterocycles. The van der Waals surface area contributed by atoms with Crippen molar-refractivity contribution in [2.24, 2.45) is 4.99 Å². The van der Waals surface area contributed by atoms with E-state index in [1.807, 2.05) is 14.1 Å². The van der Waals surface area contributed by atoms with E-state index < -0.39 is 5.54 Å². The number of aliphatic imine (C=N–C) groups is 1.